The number of hydrogen-bond donors (Lipinski definition) is 0. The number of aromatic nitrogens is 2. The number of nitrogens with zero attached hydrogens (tertiary/aromatic N) is 3. The van der Waals surface area contributed by atoms with Crippen LogP contribution in [0.25, 0.3) is 0 Å². The second kappa shape index (κ2) is 4.69. The van der Waals surface area contributed by atoms with Gasteiger partial charge in [-0.3, -0.25) is 9.59 Å². The summed E-state index contributed by atoms with van der Waals surface area (Å²) in [7, 11) is 0. The van der Waals surface area contributed by atoms with E-state index in [0.717, 1.165) is 4.47 Å². The van der Waals surface area contributed by atoms with E-state index in [-0.39, 0.29) is 18.1 Å². The Morgan fingerprint density at radius 1 is 1.31 bits per heavy atom. The molecule has 1 aliphatic heterocycles. The van der Waals surface area contributed by atoms with Gasteiger partial charge in [0.1, 0.15) is 11.6 Å². The van der Waals surface area contributed by atoms with Gasteiger partial charge in [0.15, 0.2) is 0 Å². The highest BCUT2D eigenvalue weighted by molar-refractivity contribution is 9.10. The minimum absolute atomic E-state index is 0.0104. The highest BCUT2D eigenvalue weighted by atomic mass is 79.9. The van der Waals surface area contributed by atoms with Gasteiger partial charge in [-0.15, -0.1) is 0 Å². The first-order valence-corrected chi connectivity index (χ1v) is 5.70. The molecule has 1 fully saturated rings. The third kappa shape index (κ3) is 2.63. The Bertz CT molecular complexity index is 419. The average molecular weight is 284 g/mol. The van der Waals surface area contributed by atoms with Crippen molar-refractivity contribution < 1.29 is 9.59 Å². The van der Waals surface area contributed by atoms with Gasteiger partial charge in [0.2, 0.25) is 5.91 Å². The van der Waals surface area contributed by atoms with Crippen LogP contribution in [-0.4, -0.2) is 33.1 Å². The number of amides is 1. The fraction of sp³-hybridized carbons (Fsp3) is 0.400. The molecule has 0 spiro atoms. The van der Waals surface area contributed by atoms with E-state index in [9.17, 15) is 9.59 Å². The van der Waals surface area contributed by atoms with Crippen LogP contribution in [-0.2, 0) is 16.1 Å². The standard InChI is InChI=1S/C10H10BrN3O2/c11-7-4-12-9(13-5-7)6-14-2-1-8(15)3-10(14)16/h4-5H,1-3,6H2. The number of carbonyl (C=O) groups excluding carboxylic acids is 2. The van der Waals surface area contributed by atoms with Crippen molar-refractivity contribution >= 4 is 27.6 Å². The van der Waals surface area contributed by atoms with E-state index in [1.807, 2.05) is 0 Å². The van der Waals surface area contributed by atoms with Crippen LogP contribution < -0.4 is 0 Å². The lowest BCUT2D eigenvalue weighted by molar-refractivity contribution is -0.140. The predicted molar refractivity (Wildman–Crippen MR) is 59.4 cm³/mol. The summed E-state index contributed by atoms with van der Waals surface area (Å²) in [5.41, 5.74) is 0. The number of halogens is 1. The van der Waals surface area contributed by atoms with Crippen LogP contribution in [0.2, 0.25) is 0 Å². The predicted octanol–water partition coefficient (Wildman–Crippen LogP) is 0.931. The lowest BCUT2D eigenvalue weighted by Crippen LogP contribution is -2.38. The number of Topliss-reactive ketones (excluding diaryl/α,β-unsaturated/α-hetero) is 1. The van der Waals surface area contributed by atoms with Crippen LogP contribution in [0.1, 0.15) is 18.7 Å². The SMILES string of the molecule is O=C1CCN(Cc2ncc(Br)cn2)C(=O)C1. The molecule has 1 aliphatic rings. The molecule has 84 valence electrons. The van der Waals surface area contributed by atoms with E-state index < -0.39 is 0 Å². The van der Waals surface area contributed by atoms with Crippen molar-refractivity contribution in [1.82, 2.24) is 14.9 Å². The average Bonchev–Trinajstić information content (AvgIpc) is 2.25. The molecule has 2 heterocycles. The van der Waals surface area contributed by atoms with E-state index in [4.69, 9.17) is 0 Å². The molecular formula is C10H10BrN3O2. The Balaban J connectivity index is 2.02. The van der Waals surface area contributed by atoms with Crippen molar-refractivity contribution in [2.45, 2.75) is 19.4 Å². The van der Waals surface area contributed by atoms with Gasteiger partial charge in [-0.05, 0) is 15.9 Å². The highest BCUT2D eigenvalue weighted by Crippen LogP contribution is 2.11. The Kier molecular flexibility index (Phi) is 3.28. The first-order chi connectivity index (χ1) is 7.65. The molecule has 6 heteroatoms. The van der Waals surface area contributed by atoms with Crippen LogP contribution in [0.3, 0.4) is 0 Å². The van der Waals surface area contributed by atoms with Crippen LogP contribution in [0.5, 0.6) is 0 Å². The second-order valence-electron chi connectivity index (χ2n) is 3.60. The molecule has 0 aliphatic carbocycles. The number of rotatable bonds is 2. The Morgan fingerprint density at radius 3 is 2.62 bits per heavy atom. The summed E-state index contributed by atoms with van der Waals surface area (Å²) in [6.07, 6.45) is 3.72. The van der Waals surface area contributed by atoms with Gasteiger partial charge >= 0.3 is 0 Å². The molecule has 5 nitrogen and oxygen atoms in total. The molecule has 16 heavy (non-hydrogen) atoms. The van der Waals surface area contributed by atoms with Gasteiger partial charge < -0.3 is 4.90 Å². The topological polar surface area (TPSA) is 63.2 Å². The van der Waals surface area contributed by atoms with Crippen LogP contribution in [0.15, 0.2) is 16.9 Å². The molecule has 0 N–H and O–H groups in total. The Hall–Kier alpha value is -1.30. The van der Waals surface area contributed by atoms with Crippen molar-refractivity contribution in [3.05, 3.63) is 22.7 Å². The molecule has 1 aromatic heterocycles. The molecule has 0 saturated carbocycles. The number of hydrogen-bond acceptors (Lipinski definition) is 4. The monoisotopic (exact) mass is 283 g/mol. The summed E-state index contributed by atoms with van der Waals surface area (Å²) >= 11 is 3.24. The molecule has 0 aromatic carbocycles. The summed E-state index contributed by atoms with van der Waals surface area (Å²) in [6.45, 7) is 0.844. The molecule has 1 saturated heterocycles. The largest absolute Gasteiger partial charge is 0.334 e. The van der Waals surface area contributed by atoms with Gasteiger partial charge in [-0.1, -0.05) is 0 Å². The molecule has 2 rings (SSSR count). The van der Waals surface area contributed by atoms with Crippen molar-refractivity contribution in [2.24, 2.45) is 0 Å². The number of likely N-dealkylation sites (tertiary alicyclic amines) is 1. The summed E-state index contributed by atoms with van der Waals surface area (Å²) in [5.74, 6) is 0.464. The zero-order valence-electron chi connectivity index (χ0n) is 8.52. The molecule has 0 radical (unpaired) electrons. The van der Waals surface area contributed by atoms with Gasteiger partial charge in [-0.25, -0.2) is 9.97 Å². The minimum atomic E-state index is -0.136. The van der Waals surface area contributed by atoms with Gasteiger partial charge in [0.25, 0.3) is 0 Å². The van der Waals surface area contributed by atoms with E-state index >= 15 is 0 Å². The maximum Gasteiger partial charge on any atom is 0.230 e. The summed E-state index contributed by atoms with van der Waals surface area (Å²) in [5, 5.41) is 0. The van der Waals surface area contributed by atoms with Crippen LogP contribution in [0, 0.1) is 0 Å². The summed E-state index contributed by atoms with van der Waals surface area (Å²) in [6, 6.07) is 0. The van der Waals surface area contributed by atoms with Crippen LogP contribution >= 0.6 is 15.9 Å². The van der Waals surface area contributed by atoms with E-state index in [0.29, 0.717) is 25.3 Å². The first-order valence-electron chi connectivity index (χ1n) is 4.91. The van der Waals surface area contributed by atoms with Crippen LogP contribution in [0.4, 0.5) is 0 Å². The van der Waals surface area contributed by atoms with Crippen molar-refractivity contribution in [3.8, 4) is 0 Å². The third-order valence-corrected chi connectivity index (χ3v) is 2.78. The summed E-state index contributed by atoms with van der Waals surface area (Å²) in [4.78, 5) is 32.3. The normalized spacial score (nSPS) is 16.7. The molecule has 0 unspecified atom stereocenters. The maximum absolute atomic E-state index is 11.5. The summed E-state index contributed by atoms with van der Waals surface area (Å²) < 4.78 is 0.802. The van der Waals surface area contributed by atoms with Gasteiger partial charge in [-0.2, -0.15) is 0 Å². The molecule has 1 amide bonds. The zero-order chi connectivity index (χ0) is 11.5. The Morgan fingerprint density at radius 2 is 2.00 bits per heavy atom. The fourth-order valence-electron chi connectivity index (χ4n) is 1.51. The van der Waals surface area contributed by atoms with Crippen molar-refractivity contribution in [2.75, 3.05) is 6.54 Å². The third-order valence-electron chi connectivity index (χ3n) is 2.37. The van der Waals surface area contributed by atoms with E-state index in [1.165, 1.54) is 0 Å². The van der Waals surface area contributed by atoms with Gasteiger partial charge in [0.05, 0.1) is 17.4 Å². The molecule has 0 atom stereocenters. The van der Waals surface area contributed by atoms with Crippen molar-refractivity contribution in [3.63, 3.8) is 0 Å². The number of piperidine rings is 1. The highest BCUT2D eigenvalue weighted by Gasteiger charge is 2.24. The first kappa shape index (κ1) is 11.2. The maximum atomic E-state index is 11.5. The van der Waals surface area contributed by atoms with Gasteiger partial charge in [0, 0.05) is 25.4 Å². The minimum Gasteiger partial charge on any atom is -0.334 e. The van der Waals surface area contributed by atoms with Crippen molar-refractivity contribution in [1.29, 1.82) is 0 Å². The van der Waals surface area contributed by atoms with E-state index in [2.05, 4.69) is 25.9 Å². The quantitative estimate of drug-likeness (QED) is 0.758. The fourth-order valence-corrected chi connectivity index (χ4v) is 1.72. The molecular weight excluding hydrogens is 274 g/mol. The molecule has 0 bridgehead atoms. The lowest BCUT2D eigenvalue weighted by Gasteiger charge is -2.25. The second-order valence-corrected chi connectivity index (χ2v) is 4.51. The number of ketones is 1. The zero-order valence-corrected chi connectivity index (χ0v) is 10.1. The molecule has 1 aromatic rings. The van der Waals surface area contributed by atoms with E-state index in [1.54, 1.807) is 17.3 Å². The number of carbonyl (C=O) groups is 2. The smallest absolute Gasteiger partial charge is 0.230 e. The Labute approximate surface area is 101 Å². The lowest BCUT2D eigenvalue weighted by atomic mass is 10.1.